The van der Waals surface area contributed by atoms with Gasteiger partial charge in [-0.25, -0.2) is 0 Å². The average molecular weight is 310 g/mol. The first-order valence-electron chi connectivity index (χ1n) is 8.57. The lowest BCUT2D eigenvalue weighted by atomic mass is 9.67. The number of fused-ring (bicyclic) bond motifs is 2. The zero-order chi connectivity index (χ0) is 16.3. The van der Waals surface area contributed by atoms with Crippen molar-refractivity contribution in [3.63, 3.8) is 0 Å². The van der Waals surface area contributed by atoms with Gasteiger partial charge in [0.1, 0.15) is 5.78 Å². The van der Waals surface area contributed by atoms with Gasteiger partial charge in [-0.2, -0.15) is 0 Å². The van der Waals surface area contributed by atoms with Crippen molar-refractivity contribution in [3.05, 3.63) is 0 Å². The van der Waals surface area contributed by atoms with E-state index in [-0.39, 0.29) is 35.9 Å². The summed E-state index contributed by atoms with van der Waals surface area (Å²) in [5.41, 5.74) is -0.117. The zero-order valence-corrected chi connectivity index (χ0v) is 14.4. The van der Waals surface area contributed by atoms with Crippen LogP contribution in [0.5, 0.6) is 0 Å². The third kappa shape index (κ3) is 4.31. The van der Waals surface area contributed by atoms with Crippen LogP contribution in [0.15, 0.2) is 0 Å². The van der Waals surface area contributed by atoms with E-state index < -0.39 is 0 Å². The molecule has 2 rings (SSSR count). The Morgan fingerprint density at radius 3 is 2.68 bits per heavy atom. The maximum absolute atomic E-state index is 12.3. The second-order valence-corrected chi connectivity index (χ2v) is 8.10. The van der Waals surface area contributed by atoms with Crippen LogP contribution < -0.4 is 0 Å². The van der Waals surface area contributed by atoms with Crippen LogP contribution in [0.1, 0.15) is 59.8 Å². The number of hydrogen-bond donors (Lipinski definition) is 0. The molecular formula is C18H30O4. The molecule has 22 heavy (non-hydrogen) atoms. The summed E-state index contributed by atoms with van der Waals surface area (Å²) in [6, 6.07) is 0. The summed E-state index contributed by atoms with van der Waals surface area (Å²) in [6.45, 7) is 8.26. The van der Waals surface area contributed by atoms with Crippen LogP contribution in [0, 0.1) is 29.1 Å². The summed E-state index contributed by atoms with van der Waals surface area (Å²) in [7, 11) is 0. The maximum atomic E-state index is 12.3. The zero-order valence-electron chi connectivity index (χ0n) is 14.4. The van der Waals surface area contributed by atoms with Crippen LogP contribution in [-0.4, -0.2) is 25.2 Å². The number of carbonyl (C=O) groups is 2. The lowest BCUT2D eigenvalue weighted by Gasteiger charge is -2.37. The number of ether oxygens (including phenoxy) is 2. The topological polar surface area (TPSA) is 52.6 Å². The van der Waals surface area contributed by atoms with Gasteiger partial charge in [-0.15, -0.1) is 0 Å². The van der Waals surface area contributed by atoms with Crippen molar-refractivity contribution in [2.24, 2.45) is 29.1 Å². The molecule has 126 valence electrons. The van der Waals surface area contributed by atoms with Crippen LogP contribution in [0.2, 0.25) is 0 Å². The van der Waals surface area contributed by atoms with Gasteiger partial charge in [0.2, 0.25) is 0 Å². The number of hydrogen-bond acceptors (Lipinski definition) is 4. The third-order valence-corrected chi connectivity index (χ3v) is 5.46. The Bertz CT molecular complexity index is 410. The van der Waals surface area contributed by atoms with Crippen molar-refractivity contribution in [2.75, 3.05) is 13.4 Å². The molecular weight excluding hydrogens is 280 g/mol. The first-order valence-corrected chi connectivity index (χ1v) is 8.57. The molecule has 3 unspecified atom stereocenters. The van der Waals surface area contributed by atoms with E-state index in [1.54, 1.807) is 0 Å². The van der Waals surface area contributed by atoms with E-state index >= 15 is 0 Å². The fraction of sp³-hybridized carbons (Fsp3) is 0.889. The molecule has 0 aromatic carbocycles. The van der Waals surface area contributed by atoms with Crippen LogP contribution in [0.4, 0.5) is 0 Å². The van der Waals surface area contributed by atoms with Gasteiger partial charge in [-0.3, -0.25) is 9.59 Å². The second kappa shape index (κ2) is 7.12. The monoisotopic (exact) mass is 310 g/mol. The number of ketones is 1. The third-order valence-electron chi connectivity index (χ3n) is 5.46. The smallest absolute Gasteiger partial charge is 0.311 e. The van der Waals surface area contributed by atoms with Crippen molar-refractivity contribution < 1.29 is 19.1 Å². The lowest BCUT2D eigenvalue weighted by molar-refractivity contribution is -0.166. The van der Waals surface area contributed by atoms with Gasteiger partial charge in [0, 0.05) is 11.8 Å². The minimum Gasteiger partial charge on any atom is -0.438 e. The molecule has 2 aliphatic rings. The maximum Gasteiger partial charge on any atom is 0.311 e. The minimum atomic E-state index is -0.237. The molecule has 2 saturated carbocycles. The van der Waals surface area contributed by atoms with Crippen LogP contribution in [0.25, 0.3) is 0 Å². The highest BCUT2D eigenvalue weighted by Crippen LogP contribution is 2.40. The summed E-state index contributed by atoms with van der Waals surface area (Å²) < 4.78 is 10.7. The molecule has 4 atom stereocenters. The first-order chi connectivity index (χ1) is 10.3. The molecule has 0 N–H and O–H groups in total. The molecule has 0 saturated heterocycles. The quantitative estimate of drug-likeness (QED) is 0.442. The fourth-order valence-corrected chi connectivity index (χ4v) is 3.53. The molecule has 2 aliphatic carbocycles. The van der Waals surface area contributed by atoms with E-state index in [0.29, 0.717) is 18.3 Å². The van der Waals surface area contributed by atoms with Gasteiger partial charge in [0.15, 0.2) is 6.79 Å². The van der Waals surface area contributed by atoms with Crippen molar-refractivity contribution in [2.45, 2.75) is 59.8 Å². The molecule has 0 aliphatic heterocycles. The Hall–Kier alpha value is -0.900. The van der Waals surface area contributed by atoms with Gasteiger partial charge >= 0.3 is 5.97 Å². The molecule has 4 nitrogen and oxygen atoms in total. The molecule has 0 aromatic heterocycles. The Balaban J connectivity index is 1.70. The number of Topliss-reactive ketones (excluding diaryl/α,β-unsaturated/α-hetero) is 1. The van der Waals surface area contributed by atoms with Gasteiger partial charge in [-0.1, -0.05) is 40.5 Å². The number of rotatable bonds is 5. The molecule has 0 radical (unpaired) electrons. The standard InChI is InChI=1S/C18H30O4/c1-12(18(2,3)4)17(20)22-11-21-10-15-9-13-6-5-7-14(8-13)16(15)19/h12-15H,5-11H2,1-4H3/t12-,13?,14?,15?/m1/s1. The number of carbonyl (C=O) groups excluding carboxylic acids is 2. The Kier molecular flexibility index (Phi) is 5.65. The molecule has 2 bridgehead atoms. The SMILES string of the molecule is C[C@H](C(=O)OCOCC1CC2CCCC(C2)C1=O)C(C)(C)C. The van der Waals surface area contributed by atoms with E-state index in [9.17, 15) is 9.59 Å². The lowest BCUT2D eigenvalue weighted by Crippen LogP contribution is -2.38. The first kappa shape index (κ1) is 17.5. The van der Waals surface area contributed by atoms with Gasteiger partial charge in [-0.05, 0) is 30.6 Å². The highest BCUT2D eigenvalue weighted by molar-refractivity contribution is 5.84. The van der Waals surface area contributed by atoms with Gasteiger partial charge < -0.3 is 9.47 Å². The summed E-state index contributed by atoms with van der Waals surface area (Å²) in [5.74, 6) is 0.900. The van der Waals surface area contributed by atoms with E-state index in [1.165, 1.54) is 12.8 Å². The molecule has 2 fully saturated rings. The minimum absolute atomic E-state index is 0.00258. The van der Waals surface area contributed by atoms with E-state index in [1.807, 2.05) is 27.7 Å². The summed E-state index contributed by atoms with van der Waals surface area (Å²) >= 11 is 0. The molecule has 0 aromatic rings. The fourth-order valence-electron chi connectivity index (χ4n) is 3.53. The van der Waals surface area contributed by atoms with Gasteiger partial charge in [0.05, 0.1) is 12.5 Å². The predicted octanol–water partition coefficient (Wildman–Crippen LogP) is 3.58. The van der Waals surface area contributed by atoms with Crippen LogP contribution >= 0.6 is 0 Å². The van der Waals surface area contributed by atoms with Crippen molar-refractivity contribution in [3.8, 4) is 0 Å². The number of esters is 1. The van der Waals surface area contributed by atoms with Crippen LogP contribution in [-0.2, 0) is 19.1 Å². The summed E-state index contributed by atoms with van der Waals surface area (Å²) in [4.78, 5) is 24.2. The predicted molar refractivity (Wildman–Crippen MR) is 84.1 cm³/mol. The summed E-state index contributed by atoms with van der Waals surface area (Å²) in [5, 5.41) is 0. The van der Waals surface area contributed by atoms with Crippen molar-refractivity contribution >= 4 is 11.8 Å². The Morgan fingerprint density at radius 2 is 2.00 bits per heavy atom. The molecule has 0 amide bonds. The molecule has 4 heteroatoms. The Labute approximate surface area is 133 Å². The highest BCUT2D eigenvalue weighted by Gasteiger charge is 2.38. The van der Waals surface area contributed by atoms with Crippen molar-refractivity contribution in [1.82, 2.24) is 0 Å². The van der Waals surface area contributed by atoms with E-state index in [0.717, 1.165) is 19.3 Å². The second-order valence-electron chi connectivity index (χ2n) is 8.10. The van der Waals surface area contributed by atoms with Gasteiger partial charge in [0.25, 0.3) is 0 Å². The normalized spacial score (nSPS) is 30.0. The molecule has 0 heterocycles. The van der Waals surface area contributed by atoms with E-state index in [2.05, 4.69) is 0 Å². The average Bonchev–Trinajstić information content (AvgIpc) is 2.46. The Morgan fingerprint density at radius 1 is 1.27 bits per heavy atom. The van der Waals surface area contributed by atoms with E-state index in [4.69, 9.17) is 9.47 Å². The molecule has 0 spiro atoms. The highest BCUT2D eigenvalue weighted by atomic mass is 16.7. The van der Waals surface area contributed by atoms with Crippen molar-refractivity contribution in [1.29, 1.82) is 0 Å². The summed E-state index contributed by atoms with van der Waals surface area (Å²) in [6.07, 6.45) is 5.51. The van der Waals surface area contributed by atoms with Crippen LogP contribution in [0.3, 0.4) is 0 Å². The largest absolute Gasteiger partial charge is 0.438 e.